The monoisotopic (exact) mass is 521 g/mol. The van der Waals surface area contributed by atoms with Gasteiger partial charge in [0.2, 0.25) is 40.1 Å². The van der Waals surface area contributed by atoms with Crippen LogP contribution in [0.25, 0.3) is 21.8 Å². The minimum Gasteiger partial charge on any atom is -0.248 e. The van der Waals surface area contributed by atoms with Gasteiger partial charge in [-0.05, 0) is 30.3 Å². The lowest BCUT2D eigenvalue weighted by Crippen LogP contribution is -2.35. The van der Waals surface area contributed by atoms with Crippen molar-refractivity contribution in [3.63, 3.8) is 0 Å². The number of hydrogen-bond donors (Lipinski definition) is 0. The summed E-state index contributed by atoms with van der Waals surface area (Å²) in [6, 6.07) is 9.66. The Bertz CT molecular complexity index is 1620. The summed E-state index contributed by atoms with van der Waals surface area (Å²) in [7, 11) is -16.7. The molecule has 0 radical (unpaired) electrons. The van der Waals surface area contributed by atoms with Crippen molar-refractivity contribution in [2.45, 2.75) is 0 Å². The summed E-state index contributed by atoms with van der Waals surface area (Å²) in [5.41, 5.74) is 0.156. The number of fused-ring (bicyclic) bond motifs is 2. The van der Waals surface area contributed by atoms with E-state index in [1.807, 2.05) is 0 Å². The smallest absolute Gasteiger partial charge is 0.245 e. The first kappa shape index (κ1) is 24.2. The molecular formula is C17H19N3O8S4. The van der Waals surface area contributed by atoms with Crippen molar-refractivity contribution in [3.05, 3.63) is 42.5 Å². The Balaban J connectivity index is 2.34. The fourth-order valence-corrected chi connectivity index (χ4v) is 9.29. The summed E-state index contributed by atoms with van der Waals surface area (Å²) >= 11 is 0. The molecule has 11 nitrogen and oxygen atoms in total. The van der Waals surface area contributed by atoms with E-state index in [2.05, 4.69) is 4.98 Å². The van der Waals surface area contributed by atoms with Gasteiger partial charge in [0.05, 0.1) is 47.4 Å². The van der Waals surface area contributed by atoms with Crippen LogP contribution in [0.15, 0.2) is 42.5 Å². The van der Waals surface area contributed by atoms with Crippen LogP contribution in [0.4, 0.5) is 11.4 Å². The van der Waals surface area contributed by atoms with Gasteiger partial charge in [0.1, 0.15) is 0 Å². The summed E-state index contributed by atoms with van der Waals surface area (Å²) in [4.78, 5) is 4.36. The van der Waals surface area contributed by atoms with Gasteiger partial charge >= 0.3 is 0 Å². The molecule has 0 aliphatic rings. The molecule has 0 aliphatic heterocycles. The summed E-state index contributed by atoms with van der Waals surface area (Å²) in [6.45, 7) is 0. The molecule has 0 aliphatic carbocycles. The maximum atomic E-state index is 12.2. The highest BCUT2D eigenvalue weighted by Crippen LogP contribution is 2.33. The van der Waals surface area contributed by atoms with Crippen LogP contribution in [-0.4, -0.2) is 63.7 Å². The van der Waals surface area contributed by atoms with Gasteiger partial charge in [-0.15, -0.1) is 0 Å². The first-order valence-electron chi connectivity index (χ1n) is 8.65. The number of hydrogen-bond acceptors (Lipinski definition) is 9. The molecule has 1 aromatic heterocycles. The molecule has 0 N–H and O–H groups in total. The highest BCUT2D eigenvalue weighted by molar-refractivity contribution is 8.10. The molecule has 0 fully saturated rings. The number of nitrogens with zero attached hydrogens (tertiary/aromatic N) is 3. The average Bonchev–Trinajstić information content (AvgIpc) is 2.55. The first-order chi connectivity index (χ1) is 14.4. The molecule has 0 saturated heterocycles. The molecule has 15 heteroatoms. The van der Waals surface area contributed by atoms with Gasteiger partial charge in [-0.1, -0.05) is 12.1 Å². The van der Waals surface area contributed by atoms with Crippen LogP contribution in [-0.2, 0) is 40.1 Å². The minimum absolute atomic E-state index is 0.125. The zero-order chi connectivity index (χ0) is 24.3. The molecule has 32 heavy (non-hydrogen) atoms. The van der Waals surface area contributed by atoms with Gasteiger partial charge in [0.25, 0.3) is 0 Å². The molecule has 0 saturated carbocycles. The lowest BCUT2D eigenvalue weighted by atomic mass is 10.1. The Morgan fingerprint density at radius 1 is 0.625 bits per heavy atom. The maximum absolute atomic E-state index is 12.2. The second kappa shape index (κ2) is 7.54. The minimum atomic E-state index is -4.19. The summed E-state index contributed by atoms with van der Waals surface area (Å²) in [6.07, 6.45) is 3.03. The lowest BCUT2D eigenvalue weighted by Gasteiger charge is -2.22. The van der Waals surface area contributed by atoms with E-state index in [1.165, 1.54) is 42.5 Å². The van der Waals surface area contributed by atoms with E-state index in [9.17, 15) is 33.7 Å². The molecule has 3 aromatic rings. The van der Waals surface area contributed by atoms with E-state index in [-0.39, 0.29) is 31.5 Å². The number of pyridine rings is 1. The zero-order valence-corrected chi connectivity index (χ0v) is 20.5. The normalized spacial score (nSPS) is 13.4. The maximum Gasteiger partial charge on any atom is 0.245 e. The van der Waals surface area contributed by atoms with Gasteiger partial charge < -0.3 is 0 Å². The van der Waals surface area contributed by atoms with Crippen molar-refractivity contribution in [1.82, 2.24) is 4.98 Å². The fourth-order valence-electron chi connectivity index (χ4n) is 3.33. The summed E-state index contributed by atoms with van der Waals surface area (Å²) in [5.74, 6) is 0. The molecule has 1 heterocycles. The SMILES string of the molecule is CS(=O)(=O)N(c1ccc2cc3c(N(S(C)(=O)=O)S(C)(=O)=O)cccc3nc2c1)S(C)(=O)=O. The van der Waals surface area contributed by atoms with E-state index in [1.54, 1.807) is 0 Å². The van der Waals surface area contributed by atoms with Crippen LogP contribution in [0, 0.1) is 0 Å². The van der Waals surface area contributed by atoms with Crippen molar-refractivity contribution in [2.75, 3.05) is 32.4 Å². The Hall–Kier alpha value is -2.49. The van der Waals surface area contributed by atoms with Crippen LogP contribution in [0.3, 0.4) is 0 Å². The molecule has 0 spiro atoms. The molecule has 0 bridgehead atoms. The third-order valence-corrected chi connectivity index (χ3v) is 10.7. The van der Waals surface area contributed by atoms with E-state index < -0.39 is 40.1 Å². The second-order valence-electron chi connectivity index (χ2n) is 7.16. The standard InChI is InChI=1S/C17H19N3O8S4/c1-29(21,22)19(30(2,23)24)13-9-8-12-10-14-15(18-16(12)11-13)6-5-7-17(14)20(31(3,25)26)32(4,27)28/h5-11H,1-4H3. The third kappa shape index (κ3) is 4.65. The number of rotatable bonds is 6. The van der Waals surface area contributed by atoms with Crippen LogP contribution >= 0.6 is 0 Å². The van der Waals surface area contributed by atoms with Crippen LogP contribution in [0.5, 0.6) is 0 Å². The van der Waals surface area contributed by atoms with Gasteiger partial charge in [-0.3, -0.25) is 0 Å². The third-order valence-electron chi connectivity index (χ3n) is 4.23. The number of benzene rings is 2. The van der Waals surface area contributed by atoms with Crippen LogP contribution in [0.1, 0.15) is 0 Å². The molecule has 0 atom stereocenters. The Morgan fingerprint density at radius 3 is 1.66 bits per heavy atom. The van der Waals surface area contributed by atoms with Crippen molar-refractivity contribution in [1.29, 1.82) is 0 Å². The zero-order valence-electron chi connectivity index (χ0n) is 17.3. The second-order valence-corrected chi connectivity index (χ2v) is 14.9. The van der Waals surface area contributed by atoms with Crippen LogP contribution < -0.4 is 7.42 Å². The van der Waals surface area contributed by atoms with Crippen molar-refractivity contribution in [2.24, 2.45) is 0 Å². The summed E-state index contributed by atoms with van der Waals surface area (Å²) < 4.78 is 97.5. The Morgan fingerprint density at radius 2 is 1.16 bits per heavy atom. The van der Waals surface area contributed by atoms with Crippen LogP contribution in [0.2, 0.25) is 0 Å². The lowest BCUT2D eigenvalue weighted by molar-refractivity contribution is 0.587. The van der Waals surface area contributed by atoms with E-state index >= 15 is 0 Å². The molecular weight excluding hydrogens is 502 g/mol. The van der Waals surface area contributed by atoms with E-state index in [4.69, 9.17) is 0 Å². The van der Waals surface area contributed by atoms with Gasteiger partial charge in [-0.2, -0.15) is 7.42 Å². The molecule has 2 aromatic carbocycles. The summed E-state index contributed by atoms with van der Waals surface area (Å²) in [5, 5.41) is 0.615. The topological polar surface area (TPSA) is 156 Å². The highest BCUT2D eigenvalue weighted by Gasteiger charge is 2.30. The molecule has 0 amide bonds. The van der Waals surface area contributed by atoms with Gasteiger partial charge in [0, 0.05) is 10.8 Å². The Kier molecular flexibility index (Phi) is 5.69. The fraction of sp³-hybridized carbons (Fsp3) is 0.235. The van der Waals surface area contributed by atoms with Crippen molar-refractivity contribution < 1.29 is 33.7 Å². The largest absolute Gasteiger partial charge is 0.248 e. The van der Waals surface area contributed by atoms with Gasteiger partial charge in [0.15, 0.2) is 0 Å². The van der Waals surface area contributed by atoms with Gasteiger partial charge in [-0.25, -0.2) is 38.7 Å². The van der Waals surface area contributed by atoms with E-state index in [0.29, 0.717) is 9.10 Å². The first-order valence-corrected chi connectivity index (χ1v) is 16.0. The highest BCUT2D eigenvalue weighted by atomic mass is 32.3. The van der Waals surface area contributed by atoms with Crippen molar-refractivity contribution in [3.8, 4) is 0 Å². The number of sulfonamides is 4. The van der Waals surface area contributed by atoms with Crippen molar-refractivity contribution >= 4 is 73.3 Å². The average molecular weight is 522 g/mol. The Labute approximate surface area is 186 Å². The molecule has 3 rings (SSSR count). The predicted octanol–water partition coefficient (Wildman–Crippen LogP) is 0.839. The van der Waals surface area contributed by atoms with E-state index in [0.717, 1.165) is 25.0 Å². The predicted molar refractivity (Wildman–Crippen MR) is 124 cm³/mol. The number of aromatic nitrogens is 1. The quantitative estimate of drug-likeness (QED) is 0.429. The molecule has 174 valence electrons. The molecule has 0 unspecified atom stereocenters. The number of anilines is 2.